The molecule has 0 aliphatic rings. The lowest BCUT2D eigenvalue weighted by molar-refractivity contribution is -0.144. The molecule has 0 unspecified atom stereocenters. The second-order valence-electron chi connectivity index (χ2n) is 7.52. The van der Waals surface area contributed by atoms with Gasteiger partial charge in [0, 0.05) is 12.3 Å². The summed E-state index contributed by atoms with van der Waals surface area (Å²) in [6, 6.07) is 11.9. The number of amides is 1. The van der Waals surface area contributed by atoms with E-state index in [-0.39, 0.29) is 24.9 Å². The van der Waals surface area contributed by atoms with Gasteiger partial charge in [0.25, 0.3) is 0 Å². The largest absolute Gasteiger partial charge is 0.459 e. The van der Waals surface area contributed by atoms with Crippen LogP contribution in [0.2, 0.25) is 0 Å². The third-order valence-electron chi connectivity index (χ3n) is 4.94. The van der Waals surface area contributed by atoms with Crippen LogP contribution in [-0.2, 0) is 27.4 Å². The van der Waals surface area contributed by atoms with Crippen LogP contribution >= 0.6 is 11.3 Å². The van der Waals surface area contributed by atoms with Gasteiger partial charge >= 0.3 is 5.97 Å². The Labute approximate surface area is 181 Å². The van der Waals surface area contributed by atoms with Crippen molar-refractivity contribution in [2.24, 2.45) is 0 Å². The molecule has 0 saturated heterocycles. The summed E-state index contributed by atoms with van der Waals surface area (Å²) in [6.45, 7) is 9.66. The van der Waals surface area contributed by atoms with Gasteiger partial charge in [0.1, 0.15) is 6.61 Å². The average Bonchev–Trinajstić information content (AvgIpc) is 3.13. The van der Waals surface area contributed by atoms with Gasteiger partial charge < -0.3 is 4.74 Å². The van der Waals surface area contributed by atoms with Crippen molar-refractivity contribution < 1.29 is 14.3 Å². The molecule has 0 spiro atoms. The van der Waals surface area contributed by atoms with E-state index < -0.39 is 0 Å². The topological polar surface area (TPSA) is 59.5 Å². The molecular formula is C24H26N2O3S. The highest BCUT2D eigenvalue weighted by Gasteiger charge is 2.20. The molecule has 6 heteroatoms. The van der Waals surface area contributed by atoms with Crippen molar-refractivity contribution in [2.45, 2.75) is 47.6 Å². The highest BCUT2D eigenvalue weighted by atomic mass is 32.1. The van der Waals surface area contributed by atoms with Crippen LogP contribution in [-0.4, -0.2) is 16.9 Å². The van der Waals surface area contributed by atoms with Crippen LogP contribution in [0.3, 0.4) is 0 Å². The first kappa shape index (κ1) is 21.7. The van der Waals surface area contributed by atoms with Crippen molar-refractivity contribution in [3.8, 4) is 0 Å². The molecule has 3 aromatic rings. The van der Waals surface area contributed by atoms with E-state index in [4.69, 9.17) is 4.74 Å². The van der Waals surface area contributed by atoms with E-state index >= 15 is 0 Å². The number of esters is 1. The molecule has 1 heterocycles. The van der Waals surface area contributed by atoms with Gasteiger partial charge in [0.2, 0.25) is 5.91 Å². The molecule has 5 nitrogen and oxygen atoms in total. The molecule has 3 rings (SSSR count). The zero-order chi connectivity index (χ0) is 21.8. The molecule has 1 aromatic heterocycles. The minimum atomic E-state index is -0.300. The summed E-state index contributed by atoms with van der Waals surface area (Å²) in [7, 11) is 0. The maximum atomic E-state index is 12.3. The molecule has 0 N–H and O–H groups in total. The SMILES string of the molecule is CC(=O)N(c1nc(COC(=O)Cc2ccc(C)c(C)c2)cs1)c1ccc(C)cc1C. The van der Waals surface area contributed by atoms with Crippen molar-refractivity contribution in [1.29, 1.82) is 0 Å². The summed E-state index contributed by atoms with van der Waals surface area (Å²) in [4.78, 5) is 30.7. The molecule has 0 aliphatic heterocycles. The number of thiazole rings is 1. The fourth-order valence-corrected chi connectivity index (χ4v) is 4.08. The van der Waals surface area contributed by atoms with E-state index in [1.807, 2.05) is 69.5 Å². The summed E-state index contributed by atoms with van der Waals surface area (Å²) < 4.78 is 5.40. The number of benzene rings is 2. The van der Waals surface area contributed by atoms with Gasteiger partial charge in [-0.25, -0.2) is 4.98 Å². The van der Waals surface area contributed by atoms with Crippen molar-refractivity contribution >= 4 is 34.0 Å². The number of anilines is 2. The number of hydrogen-bond acceptors (Lipinski definition) is 5. The Hall–Kier alpha value is -2.99. The predicted molar refractivity (Wildman–Crippen MR) is 120 cm³/mol. The maximum absolute atomic E-state index is 12.3. The first-order valence-electron chi connectivity index (χ1n) is 9.78. The maximum Gasteiger partial charge on any atom is 0.310 e. The Balaban J connectivity index is 1.68. The van der Waals surface area contributed by atoms with Gasteiger partial charge in [-0.15, -0.1) is 11.3 Å². The van der Waals surface area contributed by atoms with Crippen molar-refractivity contribution in [2.75, 3.05) is 4.90 Å². The third kappa shape index (κ3) is 5.13. The molecule has 0 atom stereocenters. The first-order chi connectivity index (χ1) is 14.2. The fraction of sp³-hybridized carbons (Fsp3) is 0.292. The second-order valence-corrected chi connectivity index (χ2v) is 8.36. The van der Waals surface area contributed by atoms with Crippen molar-refractivity contribution in [1.82, 2.24) is 4.98 Å². The van der Waals surface area contributed by atoms with E-state index in [1.54, 1.807) is 4.90 Å². The minimum Gasteiger partial charge on any atom is -0.459 e. The number of rotatable bonds is 6. The molecular weight excluding hydrogens is 396 g/mol. The third-order valence-corrected chi connectivity index (χ3v) is 5.81. The number of carbonyl (C=O) groups excluding carboxylic acids is 2. The summed E-state index contributed by atoms with van der Waals surface area (Å²) in [5.74, 6) is -0.416. The number of aryl methyl sites for hydroxylation is 4. The number of hydrogen-bond donors (Lipinski definition) is 0. The molecule has 0 aliphatic carbocycles. The standard InChI is InChI=1S/C24H26N2O3S/c1-15-6-9-22(18(4)10-15)26(19(5)27)24-25-21(14-30-24)13-29-23(28)12-20-8-7-16(2)17(3)11-20/h6-11,14H,12-13H2,1-5H3. The Morgan fingerprint density at radius 1 is 1.00 bits per heavy atom. The highest BCUT2D eigenvalue weighted by molar-refractivity contribution is 7.14. The Kier molecular flexibility index (Phi) is 6.67. The summed E-state index contributed by atoms with van der Waals surface area (Å²) >= 11 is 1.36. The summed E-state index contributed by atoms with van der Waals surface area (Å²) in [6.07, 6.45) is 0.222. The monoisotopic (exact) mass is 422 g/mol. The van der Waals surface area contributed by atoms with Crippen LogP contribution in [0.15, 0.2) is 41.8 Å². The Morgan fingerprint density at radius 3 is 2.43 bits per heavy atom. The predicted octanol–water partition coefficient (Wildman–Crippen LogP) is 5.35. The summed E-state index contributed by atoms with van der Waals surface area (Å²) in [5.41, 5.74) is 6.85. The van der Waals surface area contributed by atoms with E-state index in [9.17, 15) is 9.59 Å². The summed E-state index contributed by atoms with van der Waals surface area (Å²) in [5, 5.41) is 2.38. The van der Waals surface area contributed by atoms with Gasteiger partial charge in [-0.2, -0.15) is 0 Å². The minimum absolute atomic E-state index is 0.0821. The van der Waals surface area contributed by atoms with E-state index in [1.165, 1.54) is 23.8 Å². The van der Waals surface area contributed by atoms with Crippen molar-refractivity contribution in [3.05, 3.63) is 75.3 Å². The number of aromatic nitrogens is 1. The van der Waals surface area contributed by atoms with Gasteiger partial charge in [-0.3, -0.25) is 14.5 Å². The molecule has 0 radical (unpaired) electrons. The molecule has 0 fully saturated rings. The van der Waals surface area contributed by atoms with Gasteiger partial charge in [-0.05, 0) is 56.0 Å². The van der Waals surface area contributed by atoms with Crippen LogP contribution in [0.25, 0.3) is 0 Å². The van der Waals surface area contributed by atoms with Gasteiger partial charge in [0.05, 0.1) is 17.8 Å². The lowest BCUT2D eigenvalue weighted by Gasteiger charge is -2.20. The van der Waals surface area contributed by atoms with Crippen LogP contribution < -0.4 is 4.90 Å². The average molecular weight is 423 g/mol. The zero-order valence-corrected chi connectivity index (χ0v) is 18.8. The van der Waals surface area contributed by atoms with Crippen LogP contribution in [0.1, 0.15) is 40.4 Å². The molecule has 2 aromatic carbocycles. The van der Waals surface area contributed by atoms with E-state index in [0.717, 1.165) is 27.9 Å². The highest BCUT2D eigenvalue weighted by Crippen LogP contribution is 2.31. The first-order valence-corrected chi connectivity index (χ1v) is 10.7. The quantitative estimate of drug-likeness (QED) is 0.503. The molecule has 0 saturated carbocycles. The van der Waals surface area contributed by atoms with Crippen molar-refractivity contribution in [3.63, 3.8) is 0 Å². The second kappa shape index (κ2) is 9.22. The van der Waals surface area contributed by atoms with Gasteiger partial charge in [0.15, 0.2) is 5.13 Å². The lowest BCUT2D eigenvalue weighted by atomic mass is 10.0. The number of nitrogens with zero attached hydrogens (tertiary/aromatic N) is 2. The number of ether oxygens (including phenoxy) is 1. The van der Waals surface area contributed by atoms with E-state index in [0.29, 0.717) is 10.8 Å². The van der Waals surface area contributed by atoms with Crippen LogP contribution in [0.4, 0.5) is 10.8 Å². The lowest BCUT2D eigenvalue weighted by Crippen LogP contribution is -2.23. The Bertz CT molecular complexity index is 1090. The fourth-order valence-electron chi connectivity index (χ4n) is 3.21. The van der Waals surface area contributed by atoms with Gasteiger partial charge in [-0.1, -0.05) is 35.9 Å². The van der Waals surface area contributed by atoms with Crippen LogP contribution in [0.5, 0.6) is 0 Å². The zero-order valence-electron chi connectivity index (χ0n) is 18.0. The number of carbonyl (C=O) groups is 2. The molecule has 1 amide bonds. The molecule has 30 heavy (non-hydrogen) atoms. The molecule has 156 valence electrons. The smallest absolute Gasteiger partial charge is 0.310 e. The molecule has 0 bridgehead atoms. The Morgan fingerprint density at radius 2 is 1.77 bits per heavy atom. The van der Waals surface area contributed by atoms with Crippen LogP contribution in [0, 0.1) is 27.7 Å². The van der Waals surface area contributed by atoms with E-state index in [2.05, 4.69) is 4.98 Å². The normalized spacial score (nSPS) is 10.7.